The topological polar surface area (TPSA) is 81.4 Å². The number of ether oxygens (including phenoxy) is 1. The number of aryl methyl sites for hydroxylation is 2. The molecule has 0 fully saturated rings. The number of aliphatic hydroxyl groups is 1. The highest BCUT2D eigenvalue weighted by atomic mass is 19.1. The molecule has 0 saturated carbocycles. The number of cyclic esters (lactones) is 1. The summed E-state index contributed by atoms with van der Waals surface area (Å²) < 4.78 is 21.2. The SMILES string of the molecule is C=C.CC.Cc1cc2c(CCCCO)c3c(nc2cc1F)-c1cc2c(c(=O)n1C3)COC(=O)C2C. The summed E-state index contributed by atoms with van der Waals surface area (Å²) in [7, 11) is 0. The van der Waals surface area contributed by atoms with Crippen LogP contribution in [0.5, 0.6) is 0 Å². The molecule has 6 nitrogen and oxygen atoms in total. The Morgan fingerprint density at radius 2 is 1.89 bits per heavy atom. The monoisotopic (exact) mass is 480 g/mol. The van der Waals surface area contributed by atoms with Crippen molar-refractivity contribution < 1.29 is 19.0 Å². The molecule has 0 amide bonds. The fourth-order valence-corrected chi connectivity index (χ4v) is 4.73. The van der Waals surface area contributed by atoms with E-state index in [-0.39, 0.29) is 30.6 Å². The molecular weight excluding hydrogens is 447 g/mol. The van der Waals surface area contributed by atoms with Crippen LogP contribution in [0.2, 0.25) is 0 Å². The first-order valence-electron chi connectivity index (χ1n) is 12.1. The Hall–Kier alpha value is -3.32. The molecule has 4 heterocycles. The predicted molar refractivity (Wildman–Crippen MR) is 136 cm³/mol. The fourth-order valence-electron chi connectivity index (χ4n) is 4.73. The predicted octanol–water partition coefficient (Wildman–Crippen LogP) is 5.18. The summed E-state index contributed by atoms with van der Waals surface area (Å²) in [6.45, 7) is 13.9. The van der Waals surface area contributed by atoms with Gasteiger partial charge in [-0.05, 0) is 61.9 Å². The van der Waals surface area contributed by atoms with E-state index in [0.717, 1.165) is 22.9 Å². The van der Waals surface area contributed by atoms with Crippen molar-refractivity contribution in [2.24, 2.45) is 0 Å². The zero-order valence-electron chi connectivity index (χ0n) is 20.9. The smallest absolute Gasteiger partial charge is 0.313 e. The molecule has 186 valence electrons. The third kappa shape index (κ3) is 4.52. The number of fused-ring (bicyclic) bond motifs is 5. The van der Waals surface area contributed by atoms with Crippen molar-refractivity contribution in [1.29, 1.82) is 0 Å². The highest BCUT2D eigenvalue weighted by molar-refractivity contribution is 5.89. The molecule has 7 heteroatoms. The maximum Gasteiger partial charge on any atom is 0.313 e. The summed E-state index contributed by atoms with van der Waals surface area (Å²) in [5.41, 5.74) is 5.44. The van der Waals surface area contributed by atoms with E-state index < -0.39 is 5.92 Å². The summed E-state index contributed by atoms with van der Waals surface area (Å²) in [6, 6.07) is 5.13. The van der Waals surface area contributed by atoms with E-state index >= 15 is 0 Å². The van der Waals surface area contributed by atoms with E-state index in [2.05, 4.69) is 13.2 Å². The first kappa shape index (κ1) is 26.3. The molecule has 1 aromatic carbocycles. The van der Waals surface area contributed by atoms with Gasteiger partial charge >= 0.3 is 5.97 Å². The Morgan fingerprint density at radius 1 is 1.17 bits per heavy atom. The molecule has 0 saturated heterocycles. The van der Waals surface area contributed by atoms with Crippen molar-refractivity contribution in [2.75, 3.05) is 6.61 Å². The summed E-state index contributed by atoms with van der Waals surface area (Å²) in [6.07, 6.45) is 2.14. The molecule has 0 aliphatic carbocycles. The number of aliphatic hydroxyl groups excluding tert-OH is 1. The van der Waals surface area contributed by atoms with Crippen molar-refractivity contribution in [1.82, 2.24) is 9.55 Å². The number of hydrogen-bond acceptors (Lipinski definition) is 5. The molecule has 2 aliphatic heterocycles. The van der Waals surface area contributed by atoms with Crippen LogP contribution in [0.4, 0.5) is 4.39 Å². The Balaban J connectivity index is 0.000000815. The van der Waals surface area contributed by atoms with Crippen LogP contribution in [-0.2, 0) is 29.1 Å². The molecule has 1 unspecified atom stereocenters. The number of benzene rings is 1. The number of carbonyl (C=O) groups is 1. The second-order valence-electron chi connectivity index (χ2n) is 8.40. The van der Waals surface area contributed by atoms with Crippen molar-refractivity contribution in [3.05, 3.63) is 75.3 Å². The van der Waals surface area contributed by atoms with Crippen molar-refractivity contribution in [2.45, 2.75) is 66.0 Å². The van der Waals surface area contributed by atoms with Gasteiger partial charge in [-0.25, -0.2) is 9.37 Å². The van der Waals surface area contributed by atoms with Crippen LogP contribution in [0.1, 0.15) is 67.3 Å². The molecule has 1 atom stereocenters. The minimum atomic E-state index is -0.518. The van der Waals surface area contributed by atoms with E-state index in [4.69, 9.17) is 9.72 Å². The number of unbranched alkanes of at least 4 members (excludes halogenated alkanes) is 1. The molecule has 0 spiro atoms. The zero-order valence-corrected chi connectivity index (χ0v) is 20.9. The van der Waals surface area contributed by atoms with E-state index in [1.54, 1.807) is 18.4 Å². The van der Waals surface area contributed by atoms with E-state index in [1.807, 2.05) is 26.0 Å². The third-order valence-corrected chi connectivity index (χ3v) is 6.49. The number of esters is 1. The van der Waals surface area contributed by atoms with Gasteiger partial charge in [-0.3, -0.25) is 9.59 Å². The summed E-state index contributed by atoms with van der Waals surface area (Å²) in [5.74, 6) is -1.18. The highest BCUT2D eigenvalue weighted by Crippen LogP contribution is 2.39. The molecular formula is C28H33FN2O4. The normalized spacial score (nSPS) is 15.1. The number of aromatic nitrogens is 2. The molecule has 35 heavy (non-hydrogen) atoms. The van der Waals surface area contributed by atoms with Crippen molar-refractivity contribution in [3.63, 3.8) is 0 Å². The summed E-state index contributed by atoms with van der Waals surface area (Å²) in [4.78, 5) is 30.1. The first-order chi connectivity index (χ1) is 16.9. The van der Waals surface area contributed by atoms with Crippen molar-refractivity contribution in [3.8, 4) is 11.4 Å². The van der Waals surface area contributed by atoms with Gasteiger partial charge in [0.2, 0.25) is 0 Å². The number of pyridine rings is 2. The number of nitrogens with zero attached hydrogens (tertiary/aromatic N) is 2. The second-order valence-corrected chi connectivity index (χ2v) is 8.40. The Labute approximate surface area is 205 Å². The quantitative estimate of drug-likeness (QED) is 0.247. The molecule has 3 aromatic rings. The van der Waals surface area contributed by atoms with Crippen molar-refractivity contribution >= 4 is 16.9 Å². The van der Waals surface area contributed by atoms with Gasteiger partial charge in [0.1, 0.15) is 12.4 Å². The lowest BCUT2D eigenvalue weighted by Gasteiger charge is -2.22. The average molecular weight is 481 g/mol. The summed E-state index contributed by atoms with van der Waals surface area (Å²) in [5, 5.41) is 10.1. The maximum atomic E-state index is 14.3. The van der Waals surface area contributed by atoms with Crippen LogP contribution in [0.25, 0.3) is 22.3 Å². The number of hydrogen-bond donors (Lipinski definition) is 1. The van der Waals surface area contributed by atoms with Gasteiger partial charge in [-0.15, -0.1) is 13.2 Å². The van der Waals surface area contributed by atoms with Gasteiger partial charge in [0, 0.05) is 23.6 Å². The fraction of sp³-hybridized carbons (Fsp3) is 0.393. The minimum Gasteiger partial charge on any atom is -0.460 e. The van der Waals surface area contributed by atoms with Gasteiger partial charge in [0.05, 0.1) is 34.9 Å². The standard InChI is InChI=1S/C24H23FN2O4.C2H6.C2H4/c1-12-7-16-14(5-3-4-6-28)17-10-27-21(22(17)26-20(16)9-19(12)25)8-15-13(2)24(30)31-11-18(15)23(27)29;2*1-2/h7-9,13,28H,3-6,10-11H2,1-2H3;1-2H3;1-2H2. The van der Waals surface area contributed by atoms with E-state index in [9.17, 15) is 19.1 Å². The van der Waals surface area contributed by atoms with Crippen LogP contribution >= 0.6 is 0 Å². The van der Waals surface area contributed by atoms with E-state index in [0.29, 0.717) is 53.0 Å². The van der Waals surface area contributed by atoms with Crippen LogP contribution in [-0.4, -0.2) is 27.2 Å². The Bertz CT molecular complexity index is 1330. The van der Waals surface area contributed by atoms with E-state index in [1.165, 1.54) is 6.07 Å². The molecule has 0 bridgehead atoms. The molecule has 0 radical (unpaired) electrons. The Kier molecular flexibility index (Phi) is 8.22. The molecule has 1 N–H and O–H groups in total. The van der Waals surface area contributed by atoms with Crippen LogP contribution in [0.3, 0.4) is 0 Å². The summed E-state index contributed by atoms with van der Waals surface area (Å²) >= 11 is 0. The van der Waals surface area contributed by atoms with Gasteiger partial charge in [-0.1, -0.05) is 13.8 Å². The molecule has 5 rings (SSSR count). The molecule has 2 aromatic heterocycles. The largest absolute Gasteiger partial charge is 0.460 e. The average Bonchev–Trinajstić information content (AvgIpc) is 3.24. The first-order valence-corrected chi connectivity index (χ1v) is 12.1. The zero-order chi connectivity index (χ0) is 25.9. The molecule has 2 aliphatic rings. The maximum absolute atomic E-state index is 14.3. The van der Waals surface area contributed by atoms with Gasteiger partial charge in [0.15, 0.2) is 0 Å². The van der Waals surface area contributed by atoms with Crippen LogP contribution in [0.15, 0.2) is 36.2 Å². The van der Waals surface area contributed by atoms with Gasteiger partial charge in [0.25, 0.3) is 5.56 Å². The van der Waals surface area contributed by atoms with Gasteiger partial charge < -0.3 is 14.4 Å². The number of rotatable bonds is 4. The number of halogens is 1. The Morgan fingerprint density at radius 3 is 2.57 bits per heavy atom. The third-order valence-electron chi connectivity index (χ3n) is 6.49. The lowest BCUT2D eigenvalue weighted by atomic mass is 9.93. The lowest BCUT2D eigenvalue weighted by Crippen LogP contribution is -2.31. The second kappa shape index (κ2) is 11.0. The number of carbonyl (C=O) groups excluding carboxylic acids is 1. The lowest BCUT2D eigenvalue weighted by molar-refractivity contribution is -0.147. The highest BCUT2D eigenvalue weighted by Gasteiger charge is 2.33. The minimum absolute atomic E-state index is 0.0167. The van der Waals surface area contributed by atoms with Crippen LogP contribution < -0.4 is 5.56 Å². The van der Waals surface area contributed by atoms with Gasteiger partial charge in [-0.2, -0.15) is 0 Å². The van der Waals surface area contributed by atoms with Crippen LogP contribution in [0, 0.1) is 12.7 Å².